The van der Waals surface area contributed by atoms with Crippen molar-refractivity contribution in [3.63, 3.8) is 0 Å². The Balaban J connectivity index is 1.48. The molecule has 0 spiro atoms. The number of hydrogen-bond donors (Lipinski definition) is 0. The Morgan fingerprint density at radius 3 is 2.66 bits per heavy atom. The lowest BCUT2D eigenvalue weighted by Gasteiger charge is -2.31. The maximum atomic E-state index is 14.2. The molecule has 6 nitrogen and oxygen atoms in total. The molecule has 3 heterocycles. The zero-order chi connectivity index (χ0) is 28.1. The molecule has 1 aliphatic heterocycles. The maximum Gasteiger partial charge on any atom is 0.271 e. The average molecular weight is 560 g/mol. The van der Waals surface area contributed by atoms with Crippen LogP contribution in [0.2, 0.25) is 0 Å². The number of aromatic nitrogens is 2. The SMILES string of the molecule is C=CCn1cc(/C=c2/sc3n(c2=O)[C@H](c2ccc(OC)c(OC)c2)C2=C(N=3)c3ccccc3CC2)c2ccccc21. The molecule has 3 aromatic carbocycles. The summed E-state index contributed by atoms with van der Waals surface area (Å²) in [5.41, 5.74) is 7.60. The average Bonchev–Trinajstić information content (AvgIpc) is 3.52. The molecule has 41 heavy (non-hydrogen) atoms. The number of aryl methyl sites for hydroxylation is 1. The second kappa shape index (κ2) is 10.1. The number of methoxy groups -OCH3 is 2. The summed E-state index contributed by atoms with van der Waals surface area (Å²) < 4.78 is 15.9. The third-order valence-corrected chi connectivity index (χ3v) is 9.01. The highest BCUT2D eigenvalue weighted by Gasteiger charge is 2.33. The lowest BCUT2D eigenvalue weighted by atomic mass is 9.83. The summed E-state index contributed by atoms with van der Waals surface area (Å²) in [7, 11) is 3.27. The normalized spacial score (nSPS) is 16.1. The van der Waals surface area contributed by atoms with Crippen LogP contribution >= 0.6 is 11.3 Å². The number of hydrogen-bond acceptors (Lipinski definition) is 5. The van der Waals surface area contributed by atoms with E-state index in [1.807, 2.05) is 47.1 Å². The summed E-state index contributed by atoms with van der Waals surface area (Å²) in [5, 5.41) is 1.10. The van der Waals surface area contributed by atoms with Gasteiger partial charge in [0.15, 0.2) is 16.3 Å². The minimum Gasteiger partial charge on any atom is -0.493 e. The molecule has 2 aliphatic rings. The number of allylic oxidation sites excluding steroid dienone is 2. The van der Waals surface area contributed by atoms with Gasteiger partial charge in [-0.2, -0.15) is 0 Å². The van der Waals surface area contributed by atoms with E-state index in [9.17, 15) is 4.79 Å². The van der Waals surface area contributed by atoms with Gasteiger partial charge in [-0.05, 0) is 53.8 Å². The fourth-order valence-electron chi connectivity index (χ4n) is 6.17. The number of rotatable bonds is 6. The predicted octanol–water partition coefficient (Wildman–Crippen LogP) is 5.48. The fraction of sp³-hybridized carbons (Fsp3) is 0.176. The standard InChI is InChI=1S/C34H29N3O3S/c1-4-17-36-20-23(24-10-7-8-12-27(24)36)19-30-33(38)37-32(22-14-16-28(39-2)29(18-22)40-3)26-15-13-21-9-5-6-11-25(21)31(26)35-34(37)41-30/h4-12,14,16,18-20,32H,1,13,15,17H2,2-3H3/b30-19+/t32-/m1/s1. The van der Waals surface area contributed by atoms with E-state index >= 15 is 0 Å². The number of fused-ring (bicyclic) bond motifs is 4. The molecule has 7 heteroatoms. The summed E-state index contributed by atoms with van der Waals surface area (Å²) in [6, 6.07) is 22.3. The summed E-state index contributed by atoms with van der Waals surface area (Å²) in [4.78, 5) is 20.1. The molecule has 7 rings (SSSR count). The van der Waals surface area contributed by atoms with E-state index in [2.05, 4.69) is 53.7 Å². The Morgan fingerprint density at radius 2 is 1.83 bits per heavy atom. The van der Waals surface area contributed by atoms with Gasteiger partial charge in [0, 0.05) is 34.8 Å². The summed E-state index contributed by atoms with van der Waals surface area (Å²) >= 11 is 1.44. The Labute approximate surface area is 241 Å². The van der Waals surface area contributed by atoms with Crippen LogP contribution in [0.5, 0.6) is 11.5 Å². The van der Waals surface area contributed by atoms with Gasteiger partial charge in [0.25, 0.3) is 5.56 Å². The van der Waals surface area contributed by atoms with E-state index in [-0.39, 0.29) is 11.6 Å². The number of thiazole rings is 1. The Kier molecular flexibility index (Phi) is 6.24. The van der Waals surface area contributed by atoms with Crippen molar-refractivity contribution in [1.82, 2.24) is 9.13 Å². The van der Waals surface area contributed by atoms with Gasteiger partial charge in [-0.15, -0.1) is 6.58 Å². The molecule has 0 fully saturated rings. The van der Waals surface area contributed by atoms with Crippen molar-refractivity contribution < 1.29 is 9.47 Å². The number of ether oxygens (including phenoxy) is 2. The van der Waals surface area contributed by atoms with Gasteiger partial charge in [0.05, 0.1) is 30.5 Å². The minimum atomic E-state index is -0.293. The highest BCUT2D eigenvalue weighted by atomic mass is 32.1. The number of para-hydroxylation sites is 1. The molecule has 0 N–H and O–H groups in total. The van der Waals surface area contributed by atoms with Crippen molar-refractivity contribution >= 4 is 34.0 Å². The highest BCUT2D eigenvalue weighted by Crippen LogP contribution is 2.42. The van der Waals surface area contributed by atoms with Gasteiger partial charge >= 0.3 is 0 Å². The molecule has 0 saturated carbocycles. The van der Waals surface area contributed by atoms with Gasteiger partial charge < -0.3 is 14.0 Å². The summed E-state index contributed by atoms with van der Waals surface area (Å²) in [6.45, 7) is 4.61. The number of benzene rings is 3. The van der Waals surface area contributed by atoms with Crippen LogP contribution in [0.3, 0.4) is 0 Å². The Hall–Kier alpha value is -4.62. The summed E-state index contributed by atoms with van der Waals surface area (Å²) in [5.74, 6) is 1.29. The zero-order valence-electron chi connectivity index (χ0n) is 23.0. The Bertz CT molecular complexity index is 2060. The van der Waals surface area contributed by atoms with Crippen molar-refractivity contribution in [3.05, 3.63) is 133 Å². The quantitative estimate of drug-likeness (QED) is 0.259. The van der Waals surface area contributed by atoms with Crippen LogP contribution in [0.4, 0.5) is 0 Å². The topological polar surface area (TPSA) is 57.8 Å². The van der Waals surface area contributed by atoms with Crippen molar-refractivity contribution in [2.24, 2.45) is 4.99 Å². The van der Waals surface area contributed by atoms with E-state index < -0.39 is 0 Å². The smallest absolute Gasteiger partial charge is 0.271 e. The van der Waals surface area contributed by atoms with E-state index in [1.165, 1.54) is 16.9 Å². The van der Waals surface area contributed by atoms with Gasteiger partial charge in [0.2, 0.25) is 0 Å². The van der Waals surface area contributed by atoms with Crippen molar-refractivity contribution in [2.75, 3.05) is 14.2 Å². The van der Waals surface area contributed by atoms with E-state index in [4.69, 9.17) is 14.5 Å². The number of nitrogens with zero attached hydrogens (tertiary/aromatic N) is 3. The zero-order valence-corrected chi connectivity index (χ0v) is 23.8. The van der Waals surface area contributed by atoms with Crippen LogP contribution in [0.1, 0.15) is 34.7 Å². The minimum absolute atomic E-state index is 0.0421. The second-order valence-corrected chi connectivity index (χ2v) is 11.3. The molecule has 5 aromatic rings. The first-order valence-electron chi connectivity index (χ1n) is 13.6. The Morgan fingerprint density at radius 1 is 1.02 bits per heavy atom. The highest BCUT2D eigenvalue weighted by molar-refractivity contribution is 7.07. The predicted molar refractivity (Wildman–Crippen MR) is 164 cm³/mol. The van der Waals surface area contributed by atoms with E-state index in [0.29, 0.717) is 27.4 Å². The van der Waals surface area contributed by atoms with Gasteiger partial charge in [-0.1, -0.05) is 65.9 Å². The molecule has 0 amide bonds. The third kappa shape index (κ3) is 4.07. The van der Waals surface area contributed by atoms with Crippen molar-refractivity contribution in [1.29, 1.82) is 0 Å². The lowest BCUT2D eigenvalue weighted by Crippen LogP contribution is -2.38. The first-order valence-corrected chi connectivity index (χ1v) is 14.5. The van der Waals surface area contributed by atoms with Crippen LogP contribution in [-0.2, 0) is 13.0 Å². The van der Waals surface area contributed by atoms with E-state index in [0.717, 1.165) is 51.7 Å². The van der Waals surface area contributed by atoms with Crippen LogP contribution in [-0.4, -0.2) is 23.4 Å². The molecule has 1 atom stereocenters. The summed E-state index contributed by atoms with van der Waals surface area (Å²) in [6.07, 6.45) is 7.72. The van der Waals surface area contributed by atoms with Crippen LogP contribution in [0, 0.1) is 0 Å². The molecular formula is C34H29N3O3S. The molecule has 1 aliphatic carbocycles. The second-order valence-electron chi connectivity index (χ2n) is 10.3. The van der Waals surface area contributed by atoms with E-state index in [1.54, 1.807) is 14.2 Å². The van der Waals surface area contributed by atoms with Crippen LogP contribution in [0.15, 0.2) is 101 Å². The van der Waals surface area contributed by atoms with Crippen molar-refractivity contribution in [3.8, 4) is 11.5 Å². The third-order valence-electron chi connectivity index (χ3n) is 8.03. The lowest BCUT2D eigenvalue weighted by molar-refractivity contribution is 0.354. The molecule has 0 bridgehead atoms. The molecule has 204 valence electrons. The monoisotopic (exact) mass is 559 g/mol. The molecule has 2 aromatic heterocycles. The first kappa shape index (κ1) is 25.4. The largest absolute Gasteiger partial charge is 0.493 e. The van der Waals surface area contributed by atoms with Gasteiger partial charge in [0.1, 0.15) is 0 Å². The molecular weight excluding hydrogens is 530 g/mol. The van der Waals surface area contributed by atoms with Crippen LogP contribution in [0.25, 0.3) is 22.7 Å². The van der Waals surface area contributed by atoms with Gasteiger partial charge in [-0.25, -0.2) is 4.99 Å². The maximum absolute atomic E-state index is 14.2. The molecule has 0 radical (unpaired) electrons. The molecule has 0 saturated heterocycles. The molecule has 0 unspecified atom stereocenters. The van der Waals surface area contributed by atoms with Gasteiger partial charge in [-0.3, -0.25) is 9.36 Å². The van der Waals surface area contributed by atoms with Crippen molar-refractivity contribution in [2.45, 2.75) is 25.4 Å². The van der Waals surface area contributed by atoms with Crippen LogP contribution < -0.4 is 24.4 Å². The first-order chi connectivity index (χ1) is 20.1. The fourth-order valence-corrected chi connectivity index (χ4v) is 7.16.